The normalized spacial score (nSPS) is 16.8. The fourth-order valence-corrected chi connectivity index (χ4v) is 4.15. The van der Waals surface area contributed by atoms with E-state index in [2.05, 4.69) is 4.98 Å². The predicted octanol–water partition coefficient (Wildman–Crippen LogP) is 3.24. The van der Waals surface area contributed by atoms with Crippen molar-refractivity contribution in [1.29, 1.82) is 0 Å². The molecule has 0 radical (unpaired) electrons. The topological polar surface area (TPSA) is 61.2 Å². The number of aromatic nitrogens is 2. The van der Waals surface area contributed by atoms with E-state index in [1.54, 1.807) is 18.3 Å². The van der Waals surface area contributed by atoms with Crippen molar-refractivity contribution >= 4 is 27.5 Å². The number of rotatable bonds is 4. The number of nitrogens with zero attached hydrogens (tertiary/aromatic N) is 2. The lowest BCUT2D eigenvalue weighted by atomic mass is 9.97. The molecule has 0 saturated heterocycles. The Morgan fingerprint density at radius 1 is 1.39 bits per heavy atom. The Morgan fingerprint density at radius 3 is 2.87 bits per heavy atom. The summed E-state index contributed by atoms with van der Waals surface area (Å²) in [6.07, 6.45) is 6.33. The molecule has 0 unspecified atom stereocenters. The van der Waals surface area contributed by atoms with E-state index in [9.17, 15) is 9.59 Å². The highest BCUT2D eigenvalue weighted by molar-refractivity contribution is 7.18. The summed E-state index contributed by atoms with van der Waals surface area (Å²) in [7, 11) is 0. The van der Waals surface area contributed by atoms with Gasteiger partial charge in [0.05, 0.1) is 17.8 Å². The Hall–Kier alpha value is -1.69. The van der Waals surface area contributed by atoms with E-state index in [0.717, 1.165) is 36.1 Å². The maximum atomic E-state index is 12.9. The zero-order chi connectivity index (χ0) is 16.6. The molecular formula is C17H22N2O3S. The molecular weight excluding hydrogens is 312 g/mol. The van der Waals surface area contributed by atoms with Gasteiger partial charge in [0.15, 0.2) is 0 Å². The van der Waals surface area contributed by atoms with Crippen LogP contribution in [0.4, 0.5) is 0 Å². The number of thiophene rings is 1. The fourth-order valence-electron chi connectivity index (χ4n) is 2.93. The maximum Gasteiger partial charge on any atom is 0.329 e. The van der Waals surface area contributed by atoms with E-state index in [4.69, 9.17) is 4.74 Å². The van der Waals surface area contributed by atoms with Crippen LogP contribution in [0.25, 0.3) is 10.2 Å². The number of fused-ring (bicyclic) bond motifs is 3. The molecule has 0 amide bonds. The number of hydrogen-bond acceptors (Lipinski definition) is 5. The number of carbonyl (C=O) groups excluding carboxylic acids is 1. The summed E-state index contributed by atoms with van der Waals surface area (Å²) in [6.45, 7) is 5.50. The van der Waals surface area contributed by atoms with E-state index in [-0.39, 0.29) is 17.6 Å². The zero-order valence-corrected chi connectivity index (χ0v) is 14.6. The van der Waals surface area contributed by atoms with Crippen LogP contribution in [0.2, 0.25) is 0 Å². The Bertz CT molecular complexity index is 793. The molecule has 5 nitrogen and oxygen atoms in total. The van der Waals surface area contributed by atoms with Gasteiger partial charge in [-0.15, -0.1) is 11.3 Å². The molecule has 1 aliphatic carbocycles. The van der Waals surface area contributed by atoms with Crippen molar-refractivity contribution < 1.29 is 9.53 Å². The Labute approximate surface area is 139 Å². The Kier molecular flexibility index (Phi) is 4.53. The molecule has 0 bridgehead atoms. The van der Waals surface area contributed by atoms with Gasteiger partial charge < -0.3 is 4.74 Å². The Balaban J connectivity index is 2.00. The molecule has 23 heavy (non-hydrogen) atoms. The summed E-state index contributed by atoms with van der Waals surface area (Å²) >= 11 is 1.62. The minimum absolute atomic E-state index is 0.122. The standard InChI is InChI=1S/C17H22N2O3S/c1-4-10(2)22-17(21)11(3)19-9-18-15-14(16(19)20)12-7-5-6-8-13(12)23-15/h9-11H,4-8H2,1-3H3/t10-,11-/m0/s1. The van der Waals surface area contributed by atoms with Crippen LogP contribution in [-0.2, 0) is 22.4 Å². The highest BCUT2D eigenvalue weighted by Crippen LogP contribution is 2.33. The first-order valence-electron chi connectivity index (χ1n) is 8.24. The number of hydrogen-bond donors (Lipinski definition) is 0. The molecule has 2 aromatic heterocycles. The summed E-state index contributed by atoms with van der Waals surface area (Å²) in [5, 5.41) is 0.704. The van der Waals surface area contributed by atoms with Crippen molar-refractivity contribution in [2.24, 2.45) is 0 Å². The lowest BCUT2D eigenvalue weighted by Gasteiger charge is -2.17. The molecule has 2 heterocycles. The molecule has 6 heteroatoms. The van der Waals surface area contributed by atoms with Gasteiger partial charge in [0.2, 0.25) is 0 Å². The maximum absolute atomic E-state index is 12.9. The van der Waals surface area contributed by atoms with Crippen LogP contribution < -0.4 is 5.56 Å². The van der Waals surface area contributed by atoms with Gasteiger partial charge in [-0.3, -0.25) is 9.36 Å². The van der Waals surface area contributed by atoms with Gasteiger partial charge >= 0.3 is 5.97 Å². The number of aryl methyl sites for hydroxylation is 2. The predicted molar refractivity (Wildman–Crippen MR) is 91.1 cm³/mol. The minimum Gasteiger partial charge on any atom is -0.461 e. The SMILES string of the molecule is CC[C@H](C)OC(=O)[C@H](C)n1cnc2sc3c(c2c1=O)CCCC3. The lowest BCUT2D eigenvalue weighted by Crippen LogP contribution is -2.31. The van der Waals surface area contributed by atoms with Crippen molar-refractivity contribution in [2.75, 3.05) is 0 Å². The van der Waals surface area contributed by atoms with Gasteiger partial charge in [0.25, 0.3) is 5.56 Å². The van der Waals surface area contributed by atoms with Gasteiger partial charge in [0.1, 0.15) is 10.9 Å². The van der Waals surface area contributed by atoms with Crippen molar-refractivity contribution in [3.8, 4) is 0 Å². The van der Waals surface area contributed by atoms with Crippen LogP contribution in [0.3, 0.4) is 0 Å². The van der Waals surface area contributed by atoms with Gasteiger partial charge in [-0.25, -0.2) is 9.78 Å². The van der Waals surface area contributed by atoms with Crippen LogP contribution in [0.1, 0.15) is 56.5 Å². The van der Waals surface area contributed by atoms with Crippen LogP contribution in [0.5, 0.6) is 0 Å². The van der Waals surface area contributed by atoms with Gasteiger partial charge in [-0.05, 0) is 51.5 Å². The van der Waals surface area contributed by atoms with E-state index in [0.29, 0.717) is 5.39 Å². The number of carbonyl (C=O) groups is 1. The Morgan fingerprint density at radius 2 is 2.13 bits per heavy atom. The first kappa shape index (κ1) is 16.2. The second-order valence-corrected chi connectivity index (χ2v) is 7.26. The fraction of sp³-hybridized carbons (Fsp3) is 0.588. The van der Waals surface area contributed by atoms with Crippen molar-refractivity contribution in [3.63, 3.8) is 0 Å². The molecule has 0 aliphatic heterocycles. The summed E-state index contributed by atoms with van der Waals surface area (Å²) in [5.41, 5.74) is 1.02. The molecule has 0 aromatic carbocycles. The minimum atomic E-state index is -0.660. The molecule has 0 N–H and O–H groups in total. The van der Waals surface area contributed by atoms with Crippen molar-refractivity contribution in [1.82, 2.24) is 9.55 Å². The van der Waals surface area contributed by atoms with Crippen molar-refractivity contribution in [2.45, 2.75) is 65.0 Å². The first-order chi connectivity index (χ1) is 11.0. The molecule has 1 aliphatic rings. The monoisotopic (exact) mass is 334 g/mol. The summed E-state index contributed by atoms with van der Waals surface area (Å²) in [5.74, 6) is -0.383. The third kappa shape index (κ3) is 2.92. The summed E-state index contributed by atoms with van der Waals surface area (Å²) in [4.78, 5) is 31.6. The van der Waals surface area contributed by atoms with E-state index < -0.39 is 6.04 Å². The second-order valence-electron chi connectivity index (χ2n) is 6.18. The van der Waals surface area contributed by atoms with Crippen LogP contribution in [0, 0.1) is 0 Å². The molecule has 0 saturated carbocycles. The quantitative estimate of drug-likeness (QED) is 0.805. The molecule has 3 rings (SSSR count). The van der Waals surface area contributed by atoms with Crippen molar-refractivity contribution in [3.05, 3.63) is 27.1 Å². The first-order valence-corrected chi connectivity index (χ1v) is 9.06. The zero-order valence-electron chi connectivity index (χ0n) is 13.8. The van der Waals surface area contributed by atoms with Crippen LogP contribution in [0.15, 0.2) is 11.1 Å². The molecule has 0 fully saturated rings. The third-order valence-electron chi connectivity index (χ3n) is 4.55. The molecule has 0 spiro atoms. The smallest absolute Gasteiger partial charge is 0.329 e. The number of ether oxygens (including phenoxy) is 1. The highest BCUT2D eigenvalue weighted by atomic mass is 32.1. The second kappa shape index (κ2) is 6.43. The lowest BCUT2D eigenvalue weighted by molar-refractivity contribution is -0.152. The third-order valence-corrected chi connectivity index (χ3v) is 5.75. The average Bonchev–Trinajstić information content (AvgIpc) is 2.93. The number of esters is 1. The molecule has 124 valence electrons. The van der Waals surface area contributed by atoms with Crippen LogP contribution in [-0.4, -0.2) is 21.6 Å². The molecule has 2 atom stereocenters. The summed E-state index contributed by atoms with van der Waals surface area (Å²) < 4.78 is 6.76. The average molecular weight is 334 g/mol. The molecule has 2 aromatic rings. The van der Waals surface area contributed by atoms with Crippen LogP contribution >= 0.6 is 11.3 Å². The largest absolute Gasteiger partial charge is 0.461 e. The van der Waals surface area contributed by atoms with E-state index in [1.807, 2.05) is 13.8 Å². The van der Waals surface area contributed by atoms with Gasteiger partial charge in [-0.1, -0.05) is 6.92 Å². The van der Waals surface area contributed by atoms with E-state index >= 15 is 0 Å². The summed E-state index contributed by atoms with van der Waals surface area (Å²) in [6, 6.07) is -0.660. The highest BCUT2D eigenvalue weighted by Gasteiger charge is 2.24. The van der Waals surface area contributed by atoms with Gasteiger partial charge in [-0.2, -0.15) is 0 Å². The van der Waals surface area contributed by atoms with Gasteiger partial charge in [0, 0.05) is 4.88 Å². The van der Waals surface area contributed by atoms with E-state index in [1.165, 1.54) is 22.2 Å².